The van der Waals surface area contributed by atoms with Crippen molar-refractivity contribution in [2.24, 2.45) is 0 Å². The molecule has 4 aromatic heterocycles. The molecule has 0 radical (unpaired) electrons. The topological polar surface area (TPSA) is 110 Å². The van der Waals surface area contributed by atoms with Gasteiger partial charge in [-0.1, -0.05) is 0 Å². The molecule has 10 heteroatoms. The third-order valence-electron chi connectivity index (χ3n) is 6.97. The van der Waals surface area contributed by atoms with Crippen LogP contribution < -0.4 is 10.6 Å². The number of hydrogen-bond acceptors (Lipinski definition) is 7. The van der Waals surface area contributed by atoms with Crippen LogP contribution in [0.5, 0.6) is 0 Å². The Morgan fingerprint density at radius 1 is 1.08 bits per heavy atom. The van der Waals surface area contributed by atoms with E-state index in [1.165, 1.54) is 17.7 Å². The fourth-order valence-electron chi connectivity index (χ4n) is 5.02. The summed E-state index contributed by atoms with van der Waals surface area (Å²) in [5.74, 6) is 0.812. The van der Waals surface area contributed by atoms with Gasteiger partial charge in [0.2, 0.25) is 0 Å². The highest BCUT2D eigenvalue weighted by Gasteiger charge is 2.20. The van der Waals surface area contributed by atoms with Crippen LogP contribution in [0.15, 0.2) is 42.7 Å². The van der Waals surface area contributed by atoms with Gasteiger partial charge in [0.1, 0.15) is 11.5 Å². The van der Waals surface area contributed by atoms with Gasteiger partial charge in [-0.2, -0.15) is 5.10 Å². The molecule has 1 aromatic carbocycles. The lowest BCUT2D eigenvalue weighted by molar-refractivity contribution is 0.425. The summed E-state index contributed by atoms with van der Waals surface area (Å²) in [6, 6.07) is 9.06. The maximum Gasteiger partial charge on any atom is 0.181 e. The number of H-pyrrole nitrogens is 2. The zero-order valence-corrected chi connectivity index (χ0v) is 21.0. The Labute approximate surface area is 213 Å². The Hall–Kier alpha value is -3.89. The fourth-order valence-corrected chi connectivity index (χ4v) is 5.02. The van der Waals surface area contributed by atoms with Crippen LogP contribution in [0.2, 0.25) is 0 Å². The predicted octanol–water partition coefficient (Wildman–Crippen LogP) is 4.14. The first-order valence-electron chi connectivity index (χ1n) is 12.6. The second kappa shape index (κ2) is 9.87. The molecular formula is C27H30FN9. The summed E-state index contributed by atoms with van der Waals surface area (Å²) in [5, 5.41) is 15.2. The van der Waals surface area contributed by atoms with E-state index in [-0.39, 0.29) is 5.82 Å². The highest BCUT2D eigenvalue weighted by atomic mass is 19.1. The number of aromatic nitrogens is 6. The number of halogens is 1. The molecule has 1 aliphatic rings. The number of fused-ring (bicyclic) bond motifs is 2. The summed E-state index contributed by atoms with van der Waals surface area (Å²) in [6.07, 6.45) is 5.83. The van der Waals surface area contributed by atoms with E-state index < -0.39 is 0 Å². The van der Waals surface area contributed by atoms with Gasteiger partial charge in [0.15, 0.2) is 17.1 Å². The van der Waals surface area contributed by atoms with Crippen LogP contribution in [-0.2, 0) is 0 Å². The minimum absolute atomic E-state index is 0.300. The summed E-state index contributed by atoms with van der Waals surface area (Å²) < 4.78 is 14.6. The van der Waals surface area contributed by atoms with E-state index in [1.54, 1.807) is 6.20 Å². The van der Waals surface area contributed by atoms with Crippen molar-refractivity contribution in [1.29, 1.82) is 0 Å². The van der Waals surface area contributed by atoms with E-state index in [1.807, 2.05) is 32.4 Å². The van der Waals surface area contributed by atoms with Crippen molar-refractivity contribution in [2.75, 3.05) is 45.6 Å². The van der Waals surface area contributed by atoms with Crippen LogP contribution in [0.4, 0.5) is 10.1 Å². The van der Waals surface area contributed by atoms with Crippen molar-refractivity contribution in [3.05, 3.63) is 54.1 Å². The number of anilines is 1. The van der Waals surface area contributed by atoms with Crippen molar-refractivity contribution < 1.29 is 4.39 Å². The van der Waals surface area contributed by atoms with Crippen LogP contribution in [0.25, 0.3) is 44.8 Å². The summed E-state index contributed by atoms with van der Waals surface area (Å²) in [6.45, 7) is 3.61. The number of nitrogens with one attached hydrogen (secondary N) is 4. The van der Waals surface area contributed by atoms with Gasteiger partial charge in [-0.3, -0.25) is 5.10 Å². The van der Waals surface area contributed by atoms with E-state index in [0.717, 1.165) is 72.4 Å². The second-order valence-corrected chi connectivity index (χ2v) is 9.86. The average Bonchev–Trinajstić information content (AvgIpc) is 3.52. The Balaban J connectivity index is 1.37. The van der Waals surface area contributed by atoms with Gasteiger partial charge in [-0.15, -0.1) is 0 Å². The Kier molecular flexibility index (Phi) is 6.27. The predicted molar refractivity (Wildman–Crippen MR) is 144 cm³/mol. The number of rotatable bonds is 7. The van der Waals surface area contributed by atoms with Crippen LogP contribution >= 0.6 is 0 Å². The number of piperidine rings is 1. The first-order valence-corrected chi connectivity index (χ1v) is 12.6. The third kappa shape index (κ3) is 4.77. The number of benzene rings is 1. The normalized spacial score (nSPS) is 14.7. The maximum absolute atomic E-state index is 14.6. The molecule has 1 saturated heterocycles. The van der Waals surface area contributed by atoms with E-state index in [0.29, 0.717) is 23.0 Å². The molecule has 4 N–H and O–H groups in total. The Morgan fingerprint density at radius 2 is 1.95 bits per heavy atom. The lowest BCUT2D eigenvalue weighted by Gasteiger charge is -2.22. The Morgan fingerprint density at radius 3 is 2.78 bits per heavy atom. The van der Waals surface area contributed by atoms with Gasteiger partial charge in [0.25, 0.3) is 0 Å². The monoisotopic (exact) mass is 499 g/mol. The molecule has 6 rings (SSSR count). The molecule has 0 aliphatic carbocycles. The fraction of sp³-hybridized carbons (Fsp3) is 0.333. The molecule has 5 heterocycles. The van der Waals surface area contributed by atoms with Crippen LogP contribution in [0.3, 0.4) is 0 Å². The molecule has 0 bridgehead atoms. The molecule has 5 aromatic rings. The quantitative estimate of drug-likeness (QED) is 0.266. The number of hydrogen-bond donors (Lipinski definition) is 4. The van der Waals surface area contributed by atoms with E-state index in [4.69, 9.17) is 4.98 Å². The molecule has 190 valence electrons. The van der Waals surface area contributed by atoms with Crippen LogP contribution in [0, 0.1) is 5.82 Å². The summed E-state index contributed by atoms with van der Waals surface area (Å²) in [5.41, 5.74) is 6.26. The molecule has 0 atom stereocenters. The SMILES string of the molecule is CN(C)CCNc1cc(F)cc(-c2ccnc3nc(-c4[nH]nc5ncc(C6CCNCC6)cc45)[nH]c23)c1. The van der Waals surface area contributed by atoms with Crippen molar-refractivity contribution in [1.82, 2.24) is 40.3 Å². The first kappa shape index (κ1) is 23.5. The van der Waals surface area contributed by atoms with Crippen molar-refractivity contribution in [2.45, 2.75) is 18.8 Å². The van der Waals surface area contributed by atoms with E-state index in [2.05, 4.69) is 46.7 Å². The molecule has 37 heavy (non-hydrogen) atoms. The summed E-state index contributed by atoms with van der Waals surface area (Å²) in [4.78, 5) is 19.3. The molecule has 0 unspecified atom stereocenters. The van der Waals surface area contributed by atoms with Gasteiger partial charge >= 0.3 is 0 Å². The zero-order chi connectivity index (χ0) is 25.4. The summed E-state index contributed by atoms with van der Waals surface area (Å²) in [7, 11) is 4.02. The number of nitrogens with zero attached hydrogens (tertiary/aromatic N) is 5. The number of imidazole rings is 1. The van der Waals surface area contributed by atoms with Gasteiger partial charge in [0.05, 0.1) is 10.9 Å². The molecule has 9 nitrogen and oxygen atoms in total. The average molecular weight is 500 g/mol. The van der Waals surface area contributed by atoms with Gasteiger partial charge in [0, 0.05) is 36.7 Å². The lowest BCUT2D eigenvalue weighted by Crippen LogP contribution is -2.26. The highest BCUT2D eigenvalue weighted by Crippen LogP contribution is 2.33. The number of likely N-dealkylation sites (N-methyl/N-ethyl adjacent to an activating group) is 1. The smallest absolute Gasteiger partial charge is 0.181 e. The van der Waals surface area contributed by atoms with Crippen molar-refractivity contribution >= 4 is 27.9 Å². The zero-order valence-electron chi connectivity index (χ0n) is 21.0. The molecular weight excluding hydrogens is 469 g/mol. The highest BCUT2D eigenvalue weighted by molar-refractivity contribution is 5.95. The van der Waals surface area contributed by atoms with Crippen molar-refractivity contribution in [3.8, 4) is 22.6 Å². The summed E-state index contributed by atoms with van der Waals surface area (Å²) >= 11 is 0. The minimum Gasteiger partial charge on any atom is -0.384 e. The molecule has 1 aliphatic heterocycles. The molecule has 0 amide bonds. The van der Waals surface area contributed by atoms with Gasteiger partial charge < -0.3 is 20.5 Å². The largest absolute Gasteiger partial charge is 0.384 e. The van der Waals surface area contributed by atoms with Crippen LogP contribution in [-0.4, -0.2) is 75.3 Å². The first-order chi connectivity index (χ1) is 18.0. The van der Waals surface area contributed by atoms with Crippen LogP contribution in [0.1, 0.15) is 24.3 Å². The number of pyridine rings is 2. The second-order valence-electron chi connectivity index (χ2n) is 9.86. The van der Waals surface area contributed by atoms with E-state index in [9.17, 15) is 4.39 Å². The minimum atomic E-state index is -0.300. The van der Waals surface area contributed by atoms with Gasteiger partial charge in [-0.25, -0.2) is 19.3 Å². The molecule has 0 spiro atoms. The van der Waals surface area contributed by atoms with E-state index >= 15 is 0 Å². The number of aromatic amines is 2. The standard InChI is InChI=1S/C27H30FN9/c1-37(2)10-9-30-20-12-17(11-19(28)14-20)21-5-8-31-26-23(21)33-27(34-26)24-22-13-18(15-32-25(22)36-35-24)16-3-6-29-7-4-16/h5,8,11-16,29-30H,3-4,6-7,9-10H2,1-2H3,(H,31,33,34)(H,32,35,36). The molecule has 0 saturated carbocycles. The molecule has 1 fully saturated rings. The maximum atomic E-state index is 14.6. The lowest BCUT2D eigenvalue weighted by atomic mass is 9.91. The third-order valence-corrected chi connectivity index (χ3v) is 6.97. The van der Waals surface area contributed by atoms with Gasteiger partial charge in [-0.05, 0) is 87.4 Å². The Bertz CT molecular complexity index is 1550. The van der Waals surface area contributed by atoms with Crippen molar-refractivity contribution in [3.63, 3.8) is 0 Å².